The van der Waals surface area contributed by atoms with Crippen molar-refractivity contribution >= 4 is 32.6 Å². The third-order valence-corrected chi connectivity index (χ3v) is 4.92. The zero-order valence-corrected chi connectivity index (χ0v) is 12.6. The number of rotatable bonds is 2. The standard InChI is InChI=1S/C16H18N2OS/c1-10-8-9-11(2)14-13(10)17-16(20-14)18-15(19)12-6-4-3-5-7-12/h3-4,8-9,12H,5-7H2,1-2H3,(H,17,18,19). The Labute approximate surface area is 122 Å². The molecule has 0 saturated heterocycles. The van der Waals surface area contributed by atoms with Gasteiger partial charge in [0.05, 0.1) is 10.2 Å². The molecule has 0 radical (unpaired) electrons. The van der Waals surface area contributed by atoms with Crippen LogP contribution < -0.4 is 5.32 Å². The number of aromatic nitrogens is 1. The number of carbonyl (C=O) groups excluding carboxylic acids is 1. The maximum absolute atomic E-state index is 12.2. The van der Waals surface area contributed by atoms with Crippen LogP contribution in [0.1, 0.15) is 30.4 Å². The van der Waals surface area contributed by atoms with E-state index in [0.29, 0.717) is 0 Å². The summed E-state index contributed by atoms with van der Waals surface area (Å²) in [6.45, 7) is 4.14. The van der Waals surface area contributed by atoms with E-state index in [-0.39, 0.29) is 11.8 Å². The van der Waals surface area contributed by atoms with Crippen LogP contribution in [0.3, 0.4) is 0 Å². The van der Waals surface area contributed by atoms with E-state index in [0.717, 1.165) is 35.5 Å². The lowest BCUT2D eigenvalue weighted by Crippen LogP contribution is -2.23. The highest BCUT2D eigenvalue weighted by Gasteiger charge is 2.20. The van der Waals surface area contributed by atoms with Crippen LogP contribution in [0.15, 0.2) is 24.3 Å². The van der Waals surface area contributed by atoms with Gasteiger partial charge in [0.15, 0.2) is 5.13 Å². The molecule has 0 saturated carbocycles. The molecule has 1 aliphatic carbocycles. The lowest BCUT2D eigenvalue weighted by atomic mass is 9.94. The van der Waals surface area contributed by atoms with Crippen LogP contribution >= 0.6 is 11.3 Å². The summed E-state index contributed by atoms with van der Waals surface area (Å²) in [6, 6.07) is 4.18. The van der Waals surface area contributed by atoms with Gasteiger partial charge in [-0.25, -0.2) is 4.98 Å². The summed E-state index contributed by atoms with van der Waals surface area (Å²) in [5, 5.41) is 3.71. The number of carbonyl (C=O) groups is 1. The monoisotopic (exact) mass is 286 g/mol. The van der Waals surface area contributed by atoms with Gasteiger partial charge >= 0.3 is 0 Å². The van der Waals surface area contributed by atoms with Crippen LogP contribution in [0.2, 0.25) is 0 Å². The van der Waals surface area contributed by atoms with Gasteiger partial charge in [0.2, 0.25) is 5.91 Å². The molecule has 1 heterocycles. The van der Waals surface area contributed by atoms with Crippen molar-refractivity contribution in [1.29, 1.82) is 0 Å². The van der Waals surface area contributed by atoms with Crippen molar-refractivity contribution in [2.45, 2.75) is 33.1 Å². The molecule has 1 atom stereocenters. The third-order valence-electron chi connectivity index (χ3n) is 3.81. The van der Waals surface area contributed by atoms with Gasteiger partial charge in [-0.05, 0) is 44.2 Å². The number of thiazole rings is 1. The van der Waals surface area contributed by atoms with Crippen molar-refractivity contribution in [2.24, 2.45) is 5.92 Å². The summed E-state index contributed by atoms with van der Waals surface area (Å²) in [5.41, 5.74) is 3.38. The highest BCUT2D eigenvalue weighted by Crippen LogP contribution is 2.31. The zero-order valence-electron chi connectivity index (χ0n) is 11.8. The number of aryl methyl sites for hydroxylation is 2. The fraction of sp³-hybridized carbons (Fsp3) is 0.375. The normalized spacial score (nSPS) is 18.4. The molecular weight excluding hydrogens is 268 g/mol. The van der Waals surface area contributed by atoms with E-state index in [4.69, 9.17) is 0 Å². The zero-order chi connectivity index (χ0) is 14.1. The van der Waals surface area contributed by atoms with E-state index in [2.05, 4.69) is 48.4 Å². The van der Waals surface area contributed by atoms with Gasteiger partial charge in [0, 0.05) is 5.92 Å². The number of anilines is 1. The molecule has 0 aliphatic heterocycles. The Hall–Kier alpha value is -1.68. The van der Waals surface area contributed by atoms with Crippen molar-refractivity contribution in [3.05, 3.63) is 35.4 Å². The molecule has 4 heteroatoms. The highest BCUT2D eigenvalue weighted by atomic mass is 32.1. The number of hydrogen-bond donors (Lipinski definition) is 1. The van der Waals surface area contributed by atoms with Crippen molar-refractivity contribution in [1.82, 2.24) is 4.98 Å². The number of nitrogens with one attached hydrogen (secondary N) is 1. The Morgan fingerprint density at radius 1 is 1.30 bits per heavy atom. The minimum Gasteiger partial charge on any atom is -0.302 e. The van der Waals surface area contributed by atoms with Gasteiger partial charge in [-0.15, -0.1) is 0 Å². The molecule has 1 aromatic heterocycles. The quantitative estimate of drug-likeness (QED) is 0.840. The first-order valence-corrected chi connectivity index (χ1v) is 7.79. The lowest BCUT2D eigenvalue weighted by molar-refractivity contribution is -0.120. The van der Waals surface area contributed by atoms with E-state index in [9.17, 15) is 4.79 Å². The molecule has 0 spiro atoms. The Balaban J connectivity index is 1.84. The smallest absolute Gasteiger partial charge is 0.229 e. The molecule has 1 unspecified atom stereocenters. The maximum Gasteiger partial charge on any atom is 0.229 e. The molecule has 1 aliphatic rings. The second-order valence-corrected chi connectivity index (χ2v) is 6.37. The van der Waals surface area contributed by atoms with E-state index in [1.54, 1.807) is 11.3 Å². The van der Waals surface area contributed by atoms with Crippen LogP contribution in [-0.2, 0) is 4.79 Å². The molecule has 1 amide bonds. The first kappa shape index (κ1) is 13.3. The minimum atomic E-state index is 0.0919. The van der Waals surface area contributed by atoms with Gasteiger partial charge in [0.25, 0.3) is 0 Å². The molecule has 104 valence electrons. The second kappa shape index (κ2) is 5.37. The van der Waals surface area contributed by atoms with Crippen molar-refractivity contribution < 1.29 is 4.79 Å². The van der Waals surface area contributed by atoms with Crippen molar-refractivity contribution in [3.63, 3.8) is 0 Å². The predicted octanol–water partition coefficient (Wildman–Crippen LogP) is 4.21. The average molecular weight is 286 g/mol. The summed E-state index contributed by atoms with van der Waals surface area (Å²) in [6.07, 6.45) is 7.02. The van der Waals surface area contributed by atoms with Crippen LogP contribution in [0.4, 0.5) is 5.13 Å². The molecule has 2 aromatic rings. The molecule has 1 aromatic carbocycles. The number of nitrogens with zero attached hydrogens (tertiary/aromatic N) is 1. The number of allylic oxidation sites excluding steroid dienone is 2. The predicted molar refractivity (Wildman–Crippen MR) is 84.2 cm³/mol. The number of hydrogen-bond acceptors (Lipinski definition) is 3. The van der Waals surface area contributed by atoms with Crippen LogP contribution in [0.25, 0.3) is 10.2 Å². The average Bonchev–Trinajstić information content (AvgIpc) is 2.89. The highest BCUT2D eigenvalue weighted by molar-refractivity contribution is 7.22. The molecular formula is C16H18N2OS. The lowest BCUT2D eigenvalue weighted by Gasteiger charge is -2.15. The third kappa shape index (κ3) is 2.48. The Kier molecular flexibility index (Phi) is 3.57. The number of benzene rings is 1. The van der Waals surface area contributed by atoms with Gasteiger partial charge in [-0.3, -0.25) is 4.79 Å². The Bertz CT molecular complexity index is 648. The van der Waals surface area contributed by atoms with E-state index >= 15 is 0 Å². The van der Waals surface area contributed by atoms with Crippen LogP contribution in [-0.4, -0.2) is 10.9 Å². The van der Waals surface area contributed by atoms with Crippen LogP contribution in [0.5, 0.6) is 0 Å². The van der Waals surface area contributed by atoms with E-state index in [1.165, 1.54) is 10.3 Å². The first-order valence-electron chi connectivity index (χ1n) is 6.98. The molecule has 1 N–H and O–H groups in total. The van der Waals surface area contributed by atoms with Gasteiger partial charge in [-0.2, -0.15) is 0 Å². The van der Waals surface area contributed by atoms with E-state index < -0.39 is 0 Å². The summed E-state index contributed by atoms with van der Waals surface area (Å²) >= 11 is 1.57. The Morgan fingerprint density at radius 2 is 2.10 bits per heavy atom. The fourth-order valence-electron chi connectivity index (χ4n) is 2.55. The number of amides is 1. The molecule has 0 fully saturated rings. The summed E-state index contributed by atoms with van der Waals surface area (Å²) in [4.78, 5) is 16.8. The van der Waals surface area contributed by atoms with Gasteiger partial charge < -0.3 is 5.32 Å². The summed E-state index contributed by atoms with van der Waals surface area (Å²) < 4.78 is 1.17. The first-order chi connectivity index (χ1) is 9.65. The summed E-state index contributed by atoms with van der Waals surface area (Å²) in [5.74, 6) is 0.193. The van der Waals surface area contributed by atoms with E-state index in [1.807, 2.05) is 0 Å². The second-order valence-electron chi connectivity index (χ2n) is 5.37. The van der Waals surface area contributed by atoms with Crippen LogP contribution in [0, 0.1) is 19.8 Å². The molecule has 3 nitrogen and oxygen atoms in total. The molecule has 20 heavy (non-hydrogen) atoms. The molecule has 3 rings (SSSR count). The topological polar surface area (TPSA) is 42.0 Å². The number of fused-ring (bicyclic) bond motifs is 1. The SMILES string of the molecule is Cc1ccc(C)c2sc(NC(=O)C3CC=CCC3)nc12. The van der Waals surface area contributed by atoms with Gasteiger partial charge in [-0.1, -0.05) is 35.6 Å². The summed E-state index contributed by atoms with van der Waals surface area (Å²) in [7, 11) is 0. The minimum absolute atomic E-state index is 0.0919. The molecule has 0 bridgehead atoms. The van der Waals surface area contributed by atoms with Gasteiger partial charge in [0.1, 0.15) is 0 Å². The maximum atomic E-state index is 12.2. The van der Waals surface area contributed by atoms with Crippen molar-refractivity contribution in [2.75, 3.05) is 5.32 Å². The largest absolute Gasteiger partial charge is 0.302 e. The Morgan fingerprint density at radius 3 is 2.80 bits per heavy atom. The van der Waals surface area contributed by atoms with Crippen molar-refractivity contribution in [3.8, 4) is 0 Å². The fourth-order valence-corrected chi connectivity index (χ4v) is 3.57.